The average Bonchev–Trinajstić information content (AvgIpc) is 2.32. The highest BCUT2D eigenvalue weighted by atomic mass is 32.2. The van der Waals surface area contributed by atoms with Gasteiger partial charge in [0.25, 0.3) is 0 Å². The summed E-state index contributed by atoms with van der Waals surface area (Å²) in [5.74, 6) is 0. The molecule has 0 aliphatic heterocycles. The third kappa shape index (κ3) is 1.19. The molecule has 1 aromatic carbocycles. The maximum Gasteiger partial charge on any atom is 0.180 e. The summed E-state index contributed by atoms with van der Waals surface area (Å²) in [5.41, 5.74) is 2.86. The summed E-state index contributed by atoms with van der Waals surface area (Å²) >= 11 is 0. The number of benzene rings is 1. The van der Waals surface area contributed by atoms with E-state index in [1.165, 1.54) is 21.2 Å². The minimum atomic E-state index is 0.349. The quantitative estimate of drug-likeness (QED) is 0.551. The molecule has 0 saturated carbocycles. The Balaban J connectivity index is 2.95. The van der Waals surface area contributed by atoms with E-state index in [0.29, 0.717) is 10.5 Å². The van der Waals surface area contributed by atoms with Crippen molar-refractivity contribution in [3.63, 3.8) is 0 Å². The van der Waals surface area contributed by atoms with Crippen LogP contribution in [0.15, 0.2) is 18.2 Å². The Hall–Kier alpha value is -0.820. The number of hydrogen-bond acceptors (Lipinski definition) is 0. The van der Waals surface area contributed by atoms with Crippen molar-refractivity contribution in [3.8, 4) is 0 Å². The molecule has 1 aromatic heterocycles. The molecule has 0 radical (unpaired) electrons. The predicted molar refractivity (Wildman–Crippen MR) is 61.6 cm³/mol. The highest BCUT2D eigenvalue weighted by Gasteiger charge is 2.17. The average molecular weight is 191 g/mol. The zero-order valence-corrected chi connectivity index (χ0v) is 9.46. The Morgan fingerprint density at radius 2 is 1.77 bits per heavy atom. The van der Waals surface area contributed by atoms with Gasteiger partial charge in [-0.2, -0.15) is 0 Å². The molecule has 0 amide bonds. The molecule has 1 heteroatoms. The van der Waals surface area contributed by atoms with Crippen molar-refractivity contribution in [1.82, 2.24) is 0 Å². The lowest BCUT2D eigenvalue weighted by Crippen LogP contribution is -1.72. The first kappa shape index (κ1) is 8.76. The molecule has 0 fully saturated rings. The molecule has 1 heterocycles. The monoisotopic (exact) mass is 191 g/mol. The fourth-order valence-corrected chi connectivity index (χ4v) is 3.50. The van der Waals surface area contributed by atoms with E-state index in [9.17, 15) is 0 Å². The van der Waals surface area contributed by atoms with E-state index in [0.717, 1.165) is 0 Å². The highest BCUT2D eigenvalue weighted by Crippen LogP contribution is 2.37. The van der Waals surface area contributed by atoms with Gasteiger partial charge in [0.1, 0.15) is 6.26 Å². The van der Waals surface area contributed by atoms with Crippen molar-refractivity contribution in [2.45, 2.75) is 20.8 Å². The van der Waals surface area contributed by atoms with Crippen LogP contribution in [0.25, 0.3) is 10.1 Å². The summed E-state index contributed by atoms with van der Waals surface area (Å²) in [7, 11) is 0.349. The second-order valence-corrected chi connectivity index (χ2v) is 5.76. The van der Waals surface area contributed by atoms with Gasteiger partial charge in [-0.1, -0.05) is 11.6 Å². The zero-order valence-electron chi connectivity index (χ0n) is 8.64. The van der Waals surface area contributed by atoms with Gasteiger partial charge < -0.3 is 0 Å². The summed E-state index contributed by atoms with van der Waals surface area (Å²) in [6.45, 7) is 6.66. The van der Waals surface area contributed by atoms with Gasteiger partial charge in [0.15, 0.2) is 9.58 Å². The normalized spacial score (nSPS) is 12.5. The molecule has 1 atom stereocenters. The number of fused-ring (bicyclic) bond motifs is 1. The lowest BCUT2D eigenvalue weighted by Gasteiger charge is -1.90. The van der Waals surface area contributed by atoms with Gasteiger partial charge in [-0.3, -0.25) is 0 Å². The largest absolute Gasteiger partial charge is 0.180 e. The second-order valence-electron chi connectivity index (χ2n) is 3.69. The molecule has 0 spiro atoms. The zero-order chi connectivity index (χ0) is 9.59. The molecule has 68 valence electrons. The summed E-state index contributed by atoms with van der Waals surface area (Å²) in [4.78, 5) is 1.56. The Bertz CT molecular complexity index is 463. The standard InChI is InChI=1S/C12H15S/c1-8-5-6-12-11(7-8)9(2)10(3)13(12)4/h5-7H,1-4H3/q+1. The van der Waals surface area contributed by atoms with E-state index in [1.54, 1.807) is 4.88 Å². The number of aryl methyl sites for hydroxylation is 3. The molecule has 0 saturated heterocycles. The van der Waals surface area contributed by atoms with Crippen LogP contribution in [0.4, 0.5) is 0 Å². The molecule has 13 heavy (non-hydrogen) atoms. The van der Waals surface area contributed by atoms with Crippen molar-refractivity contribution in [3.05, 3.63) is 34.2 Å². The SMILES string of the molecule is Cc1ccc2c(c1)c(C)c(C)[s+]2C. The highest BCUT2D eigenvalue weighted by molar-refractivity contribution is 7.36. The fourth-order valence-electron chi connectivity index (χ4n) is 1.79. The Labute approximate surface area is 82.2 Å². The topological polar surface area (TPSA) is 0 Å². The van der Waals surface area contributed by atoms with E-state index >= 15 is 0 Å². The van der Waals surface area contributed by atoms with E-state index in [2.05, 4.69) is 45.2 Å². The van der Waals surface area contributed by atoms with Crippen LogP contribution in [0.1, 0.15) is 16.0 Å². The van der Waals surface area contributed by atoms with Gasteiger partial charge in [-0.15, -0.1) is 0 Å². The van der Waals surface area contributed by atoms with Gasteiger partial charge in [0, 0.05) is 17.9 Å². The first-order valence-corrected chi connectivity index (χ1v) is 6.19. The van der Waals surface area contributed by atoms with Crippen LogP contribution < -0.4 is 0 Å². The molecular formula is C12H15S+. The first-order valence-electron chi connectivity index (χ1n) is 4.55. The van der Waals surface area contributed by atoms with Crippen molar-refractivity contribution in [2.75, 3.05) is 0 Å². The minimum Gasteiger partial charge on any atom is -0.0539 e. The van der Waals surface area contributed by atoms with Crippen LogP contribution in [0.2, 0.25) is 0 Å². The van der Waals surface area contributed by atoms with Crippen LogP contribution in [-0.4, -0.2) is 0 Å². The number of hydrogen-bond donors (Lipinski definition) is 0. The van der Waals surface area contributed by atoms with Crippen LogP contribution in [0, 0.1) is 20.8 Å². The molecule has 2 aromatic rings. The molecule has 1 unspecified atom stereocenters. The molecule has 2 rings (SSSR count). The van der Waals surface area contributed by atoms with Crippen molar-refractivity contribution >= 4 is 20.6 Å². The first-order chi connectivity index (χ1) is 6.11. The van der Waals surface area contributed by atoms with Gasteiger partial charge in [-0.25, -0.2) is 0 Å². The molecular weight excluding hydrogens is 176 g/mol. The van der Waals surface area contributed by atoms with Gasteiger partial charge in [-0.05, 0) is 36.5 Å². The van der Waals surface area contributed by atoms with Crippen molar-refractivity contribution < 1.29 is 0 Å². The Morgan fingerprint density at radius 1 is 1.08 bits per heavy atom. The number of rotatable bonds is 0. The third-order valence-corrected chi connectivity index (χ3v) is 5.10. The summed E-state index contributed by atoms with van der Waals surface area (Å²) in [5, 5.41) is 1.48. The van der Waals surface area contributed by atoms with Gasteiger partial charge in [0.2, 0.25) is 0 Å². The maximum absolute atomic E-state index is 2.32. The minimum absolute atomic E-state index is 0.349. The maximum atomic E-state index is 2.32. The van der Waals surface area contributed by atoms with E-state index in [-0.39, 0.29) is 0 Å². The van der Waals surface area contributed by atoms with E-state index in [1.807, 2.05) is 0 Å². The molecule has 0 N–H and O–H groups in total. The lowest BCUT2D eigenvalue weighted by molar-refractivity contribution is 1.45. The predicted octanol–water partition coefficient (Wildman–Crippen LogP) is 4.05. The second kappa shape index (κ2) is 2.85. The third-order valence-electron chi connectivity index (χ3n) is 2.86. The van der Waals surface area contributed by atoms with Crippen LogP contribution in [0.5, 0.6) is 0 Å². The molecule has 0 nitrogen and oxygen atoms in total. The molecule has 0 aliphatic rings. The fraction of sp³-hybridized carbons (Fsp3) is 0.333. The smallest absolute Gasteiger partial charge is 0.0539 e. The summed E-state index contributed by atoms with van der Waals surface area (Å²) in [6.07, 6.45) is 2.32. The Kier molecular flexibility index (Phi) is 1.92. The van der Waals surface area contributed by atoms with Crippen molar-refractivity contribution in [1.29, 1.82) is 0 Å². The Morgan fingerprint density at radius 3 is 2.46 bits per heavy atom. The van der Waals surface area contributed by atoms with Crippen LogP contribution in [-0.2, 0) is 6.26 Å². The summed E-state index contributed by atoms with van der Waals surface area (Å²) < 4.78 is 1.53. The molecule has 0 bridgehead atoms. The van der Waals surface area contributed by atoms with E-state index < -0.39 is 0 Å². The summed E-state index contributed by atoms with van der Waals surface area (Å²) in [6, 6.07) is 6.81. The van der Waals surface area contributed by atoms with Crippen LogP contribution >= 0.6 is 10.5 Å². The van der Waals surface area contributed by atoms with Crippen LogP contribution in [0.3, 0.4) is 0 Å². The van der Waals surface area contributed by atoms with Gasteiger partial charge in [0.05, 0.1) is 0 Å². The number of thiophene rings is 1. The van der Waals surface area contributed by atoms with E-state index in [4.69, 9.17) is 0 Å². The lowest BCUT2D eigenvalue weighted by atomic mass is 10.1. The van der Waals surface area contributed by atoms with Gasteiger partial charge >= 0.3 is 0 Å². The van der Waals surface area contributed by atoms with Crippen molar-refractivity contribution in [2.24, 2.45) is 6.26 Å². The molecule has 0 aliphatic carbocycles.